The minimum Gasteiger partial charge on any atom is -0.287 e. The summed E-state index contributed by atoms with van der Waals surface area (Å²) in [6.07, 6.45) is -4.53. The monoisotopic (exact) mass is 474 g/mol. The molecule has 1 aliphatic heterocycles. The van der Waals surface area contributed by atoms with Crippen LogP contribution in [0.2, 0.25) is 0 Å². The number of alkyl halides is 3. The minimum absolute atomic E-state index is 0.0930. The van der Waals surface area contributed by atoms with Crippen molar-refractivity contribution < 1.29 is 26.4 Å². The van der Waals surface area contributed by atoms with Crippen molar-refractivity contribution in [2.24, 2.45) is 0 Å². The molecule has 0 aromatic heterocycles. The van der Waals surface area contributed by atoms with Gasteiger partial charge in [-0.25, -0.2) is 13.2 Å². The van der Waals surface area contributed by atoms with Gasteiger partial charge < -0.3 is 0 Å². The van der Waals surface area contributed by atoms with Gasteiger partial charge in [-0.05, 0) is 53.4 Å². The Morgan fingerprint density at radius 1 is 0.909 bits per heavy atom. The van der Waals surface area contributed by atoms with Gasteiger partial charge in [0, 0.05) is 0 Å². The molecule has 0 N–H and O–H groups in total. The number of amides is 2. The van der Waals surface area contributed by atoms with Crippen LogP contribution in [0.1, 0.15) is 36.5 Å². The number of rotatable bonds is 4. The number of sulfonamides is 1. The number of halogens is 3. The average molecular weight is 475 g/mol. The summed E-state index contributed by atoms with van der Waals surface area (Å²) in [5, 5.41) is 0. The zero-order valence-electron chi connectivity index (χ0n) is 17.9. The van der Waals surface area contributed by atoms with Crippen molar-refractivity contribution in [1.82, 2.24) is 0 Å². The number of urea groups is 1. The third-order valence-electron chi connectivity index (χ3n) is 5.47. The fourth-order valence-corrected chi connectivity index (χ4v) is 5.33. The van der Waals surface area contributed by atoms with Crippen molar-refractivity contribution in [3.8, 4) is 0 Å². The van der Waals surface area contributed by atoms with E-state index in [0.29, 0.717) is 4.31 Å². The van der Waals surface area contributed by atoms with E-state index in [0.717, 1.165) is 17.7 Å². The van der Waals surface area contributed by atoms with Gasteiger partial charge in [0.25, 0.3) is 10.0 Å². The smallest absolute Gasteiger partial charge is 0.287 e. The molecule has 0 saturated carbocycles. The van der Waals surface area contributed by atoms with Gasteiger partial charge in [-0.2, -0.15) is 17.5 Å². The summed E-state index contributed by atoms with van der Waals surface area (Å²) in [7, 11) is -4.21. The molecule has 5 nitrogen and oxygen atoms in total. The van der Waals surface area contributed by atoms with Gasteiger partial charge in [-0.1, -0.05) is 50.2 Å². The number of nitrogens with zero attached hydrogens (tertiary/aromatic N) is 2. The highest BCUT2D eigenvalue weighted by atomic mass is 32.2. The Morgan fingerprint density at radius 3 is 2.21 bits per heavy atom. The highest BCUT2D eigenvalue weighted by Gasteiger charge is 2.42. The van der Waals surface area contributed by atoms with Crippen LogP contribution < -0.4 is 9.21 Å². The molecule has 0 fully saturated rings. The molecule has 0 atom stereocenters. The van der Waals surface area contributed by atoms with Crippen LogP contribution in [-0.2, 0) is 22.7 Å². The molecular formula is C24H21F3N2O3S. The summed E-state index contributed by atoms with van der Waals surface area (Å²) >= 11 is 0. The number of hydrogen-bond acceptors (Lipinski definition) is 3. The van der Waals surface area contributed by atoms with E-state index in [9.17, 15) is 26.4 Å². The van der Waals surface area contributed by atoms with Crippen molar-refractivity contribution in [3.05, 3.63) is 89.5 Å². The van der Waals surface area contributed by atoms with Gasteiger partial charge in [-0.15, -0.1) is 0 Å². The third kappa shape index (κ3) is 4.20. The number of anilines is 2. The summed E-state index contributed by atoms with van der Waals surface area (Å²) in [5.41, 5.74) is 0.638. The quantitative estimate of drug-likeness (QED) is 0.455. The topological polar surface area (TPSA) is 57.7 Å². The first-order chi connectivity index (χ1) is 15.5. The molecule has 0 saturated heterocycles. The van der Waals surface area contributed by atoms with Crippen LogP contribution in [0, 0.1) is 0 Å². The summed E-state index contributed by atoms with van der Waals surface area (Å²) in [5.74, 6) is 0.214. The zero-order valence-corrected chi connectivity index (χ0v) is 18.7. The van der Waals surface area contributed by atoms with Crippen molar-refractivity contribution >= 4 is 27.4 Å². The van der Waals surface area contributed by atoms with Crippen molar-refractivity contribution in [2.75, 3.05) is 9.21 Å². The maximum absolute atomic E-state index is 13.5. The lowest BCUT2D eigenvalue weighted by Gasteiger charge is -2.36. The van der Waals surface area contributed by atoms with Crippen molar-refractivity contribution in [3.63, 3.8) is 0 Å². The van der Waals surface area contributed by atoms with Crippen LogP contribution in [-0.4, -0.2) is 14.4 Å². The van der Waals surface area contributed by atoms with Crippen LogP contribution in [0.25, 0.3) is 0 Å². The molecule has 9 heteroatoms. The molecule has 2 amide bonds. The van der Waals surface area contributed by atoms with E-state index in [-0.39, 0.29) is 34.3 Å². The fraction of sp³-hybridized carbons (Fsp3) is 0.208. The number of carbonyl (C=O) groups is 1. The van der Waals surface area contributed by atoms with Crippen LogP contribution in [0.5, 0.6) is 0 Å². The Hall–Kier alpha value is -3.33. The number of carbonyl (C=O) groups excluding carboxylic acids is 1. The first kappa shape index (κ1) is 22.8. The second-order valence-electron chi connectivity index (χ2n) is 8.05. The Kier molecular flexibility index (Phi) is 5.69. The lowest BCUT2D eigenvalue weighted by atomic mass is 10.0. The van der Waals surface area contributed by atoms with E-state index in [4.69, 9.17) is 0 Å². The molecule has 0 spiro atoms. The number of para-hydroxylation sites is 1. The molecular weight excluding hydrogens is 453 g/mol. The predicted molar refractivity (Wildman–Crippen MR) is 120 cm³/mol. The lowest BCUT2D eigenvalue weighted by molar-refractivity contribution is -0.137. The molecule has 4 rings (SSSR count). The second kappa shape index (κ2) is 8.22. The summed E-state index contributed by atoms with van der Waals surface area (Å²) < 4.78 is 66.9. The van der Waals surface area contributed by atoms with Crippen LogP contribution in [0.4, 0.5) is 29.3 Å². The maximum atomic E-state index is 13.5. The highest BCUT2D eigenvalue weighted by Crippen LogP contribution is 2.38. The maximum Gasteiger partial charge on any atom is 0.416 e. The molecule has 1 aliphatic rings. The highest BCUT2D eigenvalue weighted by molar-refractivity contribution is 7.94. The SMILES string of the molecule is CC(C)c1ccc(N2C(=O)N(Cc3cccc(C(F)(F)F)c3)c3ccccc3S2(=O)=O)cc1. The lowest BCUT2D eigenvalue weighted by Crippen LogP contribution is -2.50. The van der Waals surface area contributed by atoms with Crippen molar-refractivity contribution in [2.45, 2.75) is 37.4 Å². The summed E-state index contributed by atoms with van der Waals surface area (Å²) in [6, 6.07) is 16.4. The van der Waals surface area contributed by atoms with E-state index in [1.165, 1.54) is 35.2 Å². The van der Waals surface area contributed by atoms with E-state index in [2.05, 4.69) is 0 Å². The molecule has 3 aromatic carbocycles. The van der Waals surface area contributed by atoms with E-state index >= 15 is 0 Å². The molecule has 0 radical (unpaired) electrons. The fourth-order valence-electron chi connectivity index (χ4n) is 3.74. The number of fused-ring (bicyclic) bond motifs is 1. The van der Waals surface area contributed by atoms with Gasteiger partial charge >= 0.3 is 12.2 Å². The van der Waals surface area contributed by atoms with Crippen LogP contribution in [0.3, 0.4) is 0 Å². The van der Waals surface area contributed by atoms with Gasteiger partial charge in [0.1, 0.15) is 4.90 Å². The minimum atomic E-state index is -4.53. The molecule has 0 bridgehead atoms. The Labute approximate surface area is 190 Å². The van der Waals surface area contributed by atoms with Gasteiger partial charge in [0.2, 0.25) is 0 Å². The Morgan fingerprint density at radius 2 is 1.58 bits per heavy atom. The largest absolute Gasteiger partial charge is 0.416 e. The first-order valence-corrected chi connectivity index (χ1v) is 11.7. The normalized spacial score (nSPS) is 15.6. The molecule has 3 aromatic rings. The molecule has 0 unspecified atom stereocenters. The molecule has 33 heavy (non-hydrogen) atoms. The average Bonchev–Trinajstić information content (AvgIpc) is 2.76. The summed E-state index contributed by atoms with van der Waals surface area (Å²) in [4.78, 5) is 14.5. The Bertz CT molecular complexity index is 1300. The van der Waals surface area contributed by atoms with Crippen LogP contribution >= 0.6 is 0 Å². The standard InChI is InChI=1S/C24H21F3N2O3S/c1-16(2)18-10-12-20(13-11-18)29-23(30)28(21-8-3-4-9-22(21)33(29,31)32)15-17-6-5-7-19(14-17)24(25,26)27/h3-14,16H,15H2,1-2H3. The predicted octanol–water partition coefficient (Wildman–Crippen LogP) is 6.16. The second-order valence-corrected chi connectivity index (χ2v) is 9.81. The molecule has 172 valence electrons. The number of benzene rings is 3. The summed E-state index contributed by atoms with van der Waals surface area (Å²) in [6.45, 7) is 3.76. The first-order valence-electron chi connectivity index (χ1n) is 10.2. The van der Waals surface area contributed by atoms with Gasteiger partial charge in [0.05, 0.1) is 23.5 Å². The van der Waals surface area contributed by atoms with E-state index < -0.39 is 27.8 Å². The Balaban J connectivity index is 1.80. The molecule has 0 aliphatic carbocycles. The third-order valence-corrected chi connectivity index (χ3v) is 7.22. The van der Waals surface area contributed by atoms with E-state index in [1.807, 2.05) is 13.8 Å². The van der Waals surface area contributed by atoms with Gasteiger partial charge in [0.15, 0.2) is 0 Å². The van der Waals surface area contributed by atoms with Crippen molar-refractivity contribution in [1.29, 1.82) is 0 Å². The van der Waals surface area contributed by atoms with Crippen LogP contribution in [0.15, 0.2) is 77.7 Å². The number of hydrogen-bond donors (Lipinski definition) is 0. The zero-order chi connectivity index (χ0) is 24.0. The van der Waals surface area contributed by atoms with Gasteiger partial charge in [-0.3, -0.25) is 4.90 Å². The molecule has 1 heterocycles. The van der Waals surface area contributed by atoms with E-state index in [1.54, 1.807) is 30.3 Å².